The van der Waals surface area contributed by atoms with Crippen LogP contribution in [-0.4, -0.2) is 31.3 Å². The van der Waals surface area contributed by atoms with E-state index in [-0.39, 0.29) is 5.97 Å². The lowest BCUT2D eigenvalue weighted by atomic mass is 9.83. The number of benzene rings is 2. The highest BCUT2D eigenvalue weighted by Gasteiger charge is 2.35. The molecule has 2 aromatic carbocycles. The molecule has 1 N–H and O–H groups in total. The van der Waals surface area contributed by atoms with E-state index < -0.39 is 5.60 Å². The average Bonchev–Trinajstić information content (AvgIpc) is 2.62. The zero-order chi connectivity index (χ0) is 17.9. The molecule has 1 heterocycles. The summed E-state index contributed by atoms with van der Waals surface area (Å²) < 4.78 is 11.7. The summed E-state index contributed by atoms with van der Waals surface area (Å²) in [5.74, 6) is 0.652. The third-order valence-electron chi connectivity index (χ3n) is 5.07. The number of rotatable bonds is 5. The van der Waals surface area contributed by atoms with E-state index in [0.29, 0.717) is 23.8 Å². The molecule has 0 atom stereocenters. The summed E-state index contributed by atoms with van der Waals surface area (Å²) in [6.07, 6.45) is 2.04. The Morgan fingerprint density at radius 2 is 1.88 bits per heavy atom. The Labute approximate surface area is 149 Å². The van der Waals surface area contributed by atoms with Crippen LogP contribution in [0.3, 0.4) is 0 Å². The predicted octanol–water partition coefficient (Wildman–Crippen LogP) is 4.17. The van der Waals surface area contributed by atoms with Crippen molar-refractivity contribution in [3.63, 3.8) is 0 Å². The van der Waals surface area contributed by atoms with E-state index in [2.05, 4.69) is 5.32 Å². The summed E-state index contributed by atoms with van der Waals surface area (Å²) in [5, 5.41) is 5.25. The van der Waals surface area contributed by atoms with Gasteiger partial charge in [-0.15, -0.1) is 0 Å². The summed E-state index contributed by atoms with van der Waals surface area (Å²) >= 11 is 0. The molecule has 1 aliphatic heterocycles. The van der Waals surface area contributed by atoms with E-state index in [4.69, 9.17) is 9.47 Å². The van der Waals surface area contributed by atoms with Gasteiger partial charge < -0.3 is 14.8 Å². The lowest BCUT2D eigenvalue weighted by Crippen LogP contribution is -2.42. The number of fused-ring (bicyclic) bond motifs is 1. The van der Waals surface area contributed by atoms with Gasteiger partial charge in [-0.1, -0.05) is 30.3 Å². The number of ether oxygens (including phenoxy) is 2. The van der Waals surface area contributed by atoms with Crippen molar-refractivity contribution < 1.29 is 14.3 Å². The van der Waals surface area contributed by atoms with Crippen LogP contribution in [-0.2, 0) is 4.74 Å². The van der Waals surface area contributed by atoms with Crippen LogP contribution in [0.25, 0.3) is 10.8 Å². The molecule has 25 heavy (non-hydrogen) atoms. The molecule has 134 valence electrons. The highest BCUT2D eigenvalue weighted by molar-refractivity contribution is 6.07. The van der Waals surface area contributed by atoms with Crippen molar-refractivity contribution in [2.75, 3.05) is 19.7 Å². The van der Waals surface area contributed by atoms with Crippen LogP contribution in [0.15, 0.2) is 36.4 Å². The number of carbonyl (C=O) groups is 1. The lowest BCUT2D eigenvalue weighted by Gasteiger charge is -2.36. The van der Waals surface area contributed by atoms with Gasteiger partial charge in [-0.25, -0.2) is 4.79 Å². The second-order valence-electron chi connectivity index (χ2n) is 7.11. The normalized spacial score (nSPS) is 16.0. The molecule has 1 saturated heterocycles. The molecule has 1 fully saturated rings. The van der Waals surface area contributed by atoms with Crippen molar-refractivity contribution in [2.45, 2.75) is 39.2 Å². The summed E-state index contributed by atoms with van der Waals surface area (Å²) in [4.78, 5) is 13.1. The zero-order valence-electron chi connectivity index (χ0n) is 15.3. The van der Waals surface area contributed by atoms with Crippen molar-refractivity contribution in [3.8, 4) is 5.75 Å². The summed E-state index contributed by atoms with van der Waals surface area (Å²) in [6, 6.07) is 11.7. The van der Waals surface area contributed by atoms with E-state index in [1.54, 1.807) is 0 Å². The molecule has 0 aliphatic carbocycles. The first-order valence-corrected chi connectivity index (χ1v) is 9.11. The van der Waals surface area contributed by atoms with Crippen molar-refractivity contribution in [1.82, 2.24) is 5.32 Å². The quantitative estimate of drug-likeness (QED) is 0.829. The molecule has 4 heteroatoms. The minimum absolute atomic E-state index is 0.302. The Morgan fingerprint density at radius 1 is 1.16 bits per heavy atom. The number of carbonyl (C=O) groups excluding carboxylic acids is 1. The SMILES string of the molecule is CCOc1ccc2ccccc2c1C(=O)OC(C)(C)C1CCNCC1. The highest BCUT2D eigenvalue weighted by Crippen LogP contribution is 2.34. The Hall–Kier alpha value is -2.07. The molecule has 0 aromatic heterocycles. The maximum absolute atomic E-state index is 13.1. The van der Waals surface area contributed by atoms with Gasteiger partial charge in [0, 0.05) is 5.92 Å². The molecule has 1 aliphatic rings. The van der Waals surface area contributed by atoms with E-state index in [1.807, 2.05) is 57.2 Å². The molecule has 0 amide bonds. The number of esters is 1. The fourth-order valence-electron chi connectivity index (χ4n) is 3.63. The molecular formula is C21H27NO3. The van der Waals surface area contributed by atoms with Gasteiger partial charge in [0.1, 0.15) is 16.9 Å². The van der Waals surface area contributed by atoms with Crippen LogP contribution in [0.5, 0.6) is 5.75 Å². The van der Waals surface area contributed by atoms with Crippen LogP contribution < -0.4 is 10.1 Å². The molecule has 3 rings (SSSR count). The van der Waals surface area contributed by atoms with E-state index in [1.165, 1.54) is 0 Å². The molecule has 0 saturated carbocycles. The summed E-state index contributed by atoms with van der Waals surface area (Å²) in [6.45, 7) is 8.42. The predicted molar refractivity (Wildman–Crippen MR) is 100 cm³/mol. The van der Waals surface area contributed by atoms with Crippen molar-refractivity contribution in [2.24, 2.45) is 5.92 Å². The maximum atomic E-state index is 13.1. The van der Waals surface area contributed by atoms with Gasteiger partial charge in [-0.3, -0.25) is 0 Å². The van der Waals surface area contributed by atoms with Crippen molar-refractivity contribution in [1.29, 1.82) is 0 Å². The van der Waals surface area contributed by atoms with E-state index in [9.17, 15) is 4.79 Å². The number of nitrogens with one attached hydrogen (secondary N) is 1. The second-order valence-corrected chi connectivity index (χ2v) is 7.11. The molecule has 4 nitrogen and oxygen atoms in total. The Kier molecular flexibility index (Phi) is 5.28. The van der Waals surface area contributed by atoms with Crippen molar-refractivity contribution >= 4 is 16.7 Å². The fraction of sp³-hybridized carbons (Fsp3) is 0.476. The van der Waals surface area contributed by atoms with Crippen LogP contribution in [0, 0.1) is 5.92 Å². The first-order chi connectivity index (χ1) is 12.0. The smallest absolute Gasteiger partial charge is 0.343 e. The van der Waals surface area contributed by atoms with Crippen LogP contribution in [0.2, 0.25) is 0 Å². The lowest BCUT2D eigenvalue weighted by molar-refractivity contribution is -0.0368. The number of hydrogen-bond acceptors (Lipinski definition) is 4. The van der Waals surface area contributed by atoms with Gasteiger partial charge in [0.15, 0.2) is 0 Å². The minimum atomic E-state index is -0.500. The number of hydrogen-bond donors (Lipinski definition) is 1. The van der Waals surface area contributed by atoms with Gasteiger partial charge in [0.25, 0.3) is 0 Å². The molecule has 0 bridgehead atoms. The second kappa shape index (κ2) is 7.44. The average molecular weight is 341 g/mol. The van der Waals surface area contributed by atoms with E-state index >= 15 is 0 Å². The molecule has 2 aromatic rings. The highest BCUT2D eigenvalue weighted by atomic mass is 16.6. The number of piperidine rings is 1. The monoisotopic (exact) mass is 341 g/mol. The Bertz CT molecular complexity index is 748. The van der Waals surface area contributed by atoms with Gasteiger partial charge in [-0.05, 0) is 63.5 Å². The zero-order valence-corrected chi connectivity index (χ0v) is 15.3. The first-order valence-electron chi connectivity index (χ1n) is 9.11. The Morgan fingerprint density at radius 3 is 2.60 bits per heavy atom. The largest absolute Gasteiger partial charge is 0.493 e. The molecule has 0 unspecified atom stereocenters. The third-order valence-corrected chi connectivity index (χ3v) is 5.07. The molecule has 0 radical (unpaired) electrons. The van der Waals surface area contributed by atoms with Gasteiger partial charge >= 0.3 is 5.97 Å². The summed E-state index contributed by atoms with van der Waals surface area (Å²) in [7, 11) is 0. The summed E-state index contributed by atoms with van der Waals surface area (Å²) in [5.41, 5.74) is 0.0292. The van der Waals surface area contributed by atoms with Crippen molar-refractivity contribution in [3.05, 3.63) is 42.0 Å². The van der Waals surface area contributed by atoms with Crippen LogP contribution >= 0.6 is 0 Å². The van der Waals surface area contributed by atoms with Gasteiger partial charge in [-0.2, -0.15) is 0 Å². The molecule has 0 spiro atoms. The van der Waals surface area contributed by atoms with Crippen LogP contribution in [0.1, 0.15) is 44.0 Å². The van der Waals surface area contributed by atoms with E-state index in [0.717, 1.165) is 36.7 Å². The van der Waals surface area contributed by atoms with Crippen LogP contribution in [0.4, 0.5) is 0 Å². The first kappa shape index (κ1) is 17.7. The maximum Gasteiger partial charge on any atom is 0.343 e. The van der Waals surface area contributed by atoms with Gasteiger partial charge in [0.2, 0.25) is 0 Å². The van der Waals surface area contributed by atoms with Gasteiger partial charge in [0.05, 0.1) is 6.61 Å². The molecular weight excluding hydrogens is 314 g/mol. The topological polar surface area (TPSA) is 47.6 Å². The minimum Gasteiger partial charge on any atom is -0.493 e. The standard InChI is InChI=1S/C21H27NO3/c1-4-24-18-10-9-15-7-5-6-8-17(15)19(18)20(23)25-21(2,3)16-11-13-22-14-12-16/h5-10,16,22H,4,11-14H2,1-3H3. The third kappa shape index (κ3) is 3.79. The fourth-order valence-corrected chi connectivity index (χ4v) is 3.63. The Balaban J connectivity index is 1.94.